The molecule has 0 bridgehead atoms. The predicted molar refractivity (Wildman–Crippen MR) is 88.3 cm³/mol. The van der Waals surface area contributed by atoms with Crippen molar-refractivity contribution in [2.24, 2.45) is 0 Å². The Morgan fingerprint density at radius 1 is 0.852 bits per heavy atom. The van der Waals surface area contributed by atoms with E-state index >= 15 is 0 Å². The van der Waals surface area contributed by atoms with Gasteiger partial charge >= 0.3 is 12.4 Å². The summed E-state index contributed by atoms with van der Waals surface area (Å²) in [6.07, 6.45) is -6.86. The highest BCUT2D eigenvalue weighted by Gasteiger charge is 2.37. The molecule has 1 aliphatic rings. The van der Waals surface area contributed by atoms with Gasteiger partial charge in [0, 0.05) is 5.56 Å². The molecule has 0 saturated heterocycles. The number of carbonyl (C=O) groups excluding carboxylic acids is 1. The van der Waals surface area contributed by atoms with Gasteiger partial charge < -0.3 is 0 Å². The first-order chi connectivity index (χ1) is 12.6. The molecule has 3 rings (SSSR count). The molecule has 0 spiro atoms. The Labute approximate surface area is 151 Å². The van der Waals surface area contributed by atoms with E-state index in [0.29, 0.717) is 18.2 Å². The Morgan fingerprint density at radius 2 is 1.56 bits per heavy atom. The van der Waals surface area contributed by atoms with Gasteiger partial charge in [-0.15, -0.1) is 0 Å². The number of benzene rings is 2. The summed E-state index contributed by atoms with van der Waals surface area (Å²) < 4.78 is 78.7. The molecule has 2 aromatic carbocycles. The molecule has 0 radical (unpaired) electrons. The normalized spacial score (nSPS) is 15.0. The Bertz CT molecular complexity index is 905. The highest BCUT2D eigenvalue weighted by Crippen LogP contribution is 2.37. The molecule has 2 aromatic rings. The maximum absolute atomic E-state index is 13.4. The van der Waals surface area contributed by atoms with E-state index in [2.05, 4.69) is 0 Å². The van der Waals surface area contributed by atoms with Crippen LogP contribution in [0.5, 0.6) is 0 Å². The second kappa shape index (κ2) is 6.87. The van der Waals surface area contributed by atoms with Crippen molar-refractivity contribution in [2.75, 3.05) is 0 Å². The van der Waals surface area contributed by atoms with Crippen molar-refractivity contribution >= 4 is 11.4 Å². The van der Waals surface area contributed by atoms with Crippen molar-refractivity contribution < 1.29 is 31.1 Å². The molecule has 0 amide bonds. The summed E-state index contributed by atoms with van der Waals surface area (Å²) in [5, 5.41) is 0. The SMILES string of the molecule is O=C(C=C(c1cccc(C(F)(F)F)c1)C(F)(F)F)c1ccc2c(c1)CCC2. The lowest BCUT2D eigenvalue weighted by atomic mass is 9.98. The van der Waals surface area contributed by atoms with Crippen LogP contribution in [0.25, 0.3) is 5.57 Å². The van der Waals surface area contributed by atoms with Crippen molar-refractivity contribution in [3.8, 4) is 0 Å². The first-order valence-corrected chi connectivity index (χ1v) is 8.18. The van der Waals surface area contributed by atoms with E-state index in [4.69, 9.17) is 0 Å². The van der Waals surface area contributed by atoms with E-state index in [1.165, 1.54) is 6.07 Å². The van der Waals surface area contributed by atoms with Gasteiger partial charge in [0.05, 0.1) is 11.1 Å². The molecule has 0 fully saturated rings. The van der Waals surface area contributed by atoms with Crippen LogP contribution in [0.1, 0.15) is 39.0 Å². The molecular formula is C20H14F6O. The number of ketones is 1. The van der Waals surface area contributed by atoms with Gasteiger partial charge in [0.25, 0.3) is 0 Å². The minimum atomic E-state index is -4.98. The Hall–Kier alpha value is -2.57. The topological polar surface area (TPSA) is 17.1 Å². The maximum atomic E-state index is 13.4. The lowest BCUT2D eigenvalue weighted by Crippen LogP contribution is -2.14. The molecular weight excluding hydrogens is 370 g/mol. The average molecular weight is 384 g/mol. The second-order valence-corrected chi connectivity index (χ2v) is 6.34. The maximum Gasteiger partial charge on any atom is 0.417 e. The monoisotopic (exact) mass is 384 g/mol. The zero-order chi connectivity index (χ0) is 19.8. The van der Waals surface area contributed by atoms with Crippen LogP contribution < -0.4 is 0 Å². The lowest BCUT2D eigenvalue weighted by molar-refractivity contribution is -0.137. The molecule has 1 aliphatic carbocycles. The van der Waals surface area contributed by atoms with Crippen LogP contribution in [0, 0.1) is 0 Å². The first kappa shape index (κ1) is 19.2. The van der Waals surface area contributed by atoms with Crippen LogP contribution in [0.2, 0.25) is 0 Å². The van der Waals surface area contributed by atoms with Crippen LogP contribution in [-0.4, -0.2) is 12.0 Å². The van der Waals surface area contributed by atoms with E-state index < -0.39 is 34.8 Å². The first-order valence-electron chi connectivity index (χ1n) is 8.18. The van der Waals surface area contributed by atoms with Gasteiger partial charge in [-0.2, -0.15) is 26.3 Å². The fourth-order valence-electron chi connectivity index (χ4n) is 3.13. The number of aryl methyl sites for hydroxylation is 2. The summed E-state index contributed by atoms with van der Waals surface area (Å²) >= 11 is 0. The molecule has 0 atom stereocenters. The van der Waals surface area contributed by atoms with Crippen molar-refractivity contribution in [2.45, 2.75) is 31.6 Å². The molecule has 0 heterocycles. The van der Waals surface area contributed by atoms with Crippen LogP contribution in [0.4, 0.5) is 26.3 Å². The summed E-state index contributed by atoms with van der Waals surface area (Å²) in [7, 11) is 0. The molecule has 0 aromatic heterocycles. The molecule has 1 nitrogen and oxygen atoms in total. The molecule has 0 aliphatic heterocycles. The van der Waals surface area contributed by atoms with Crippen LogP contribution >= 0.6 is 0 Å². The van der Waals surface area contributed by atoms with Crippen molar-refractivity contribution in [1.82, 2.24) is 0 Å². The van der Waals surface area contributed by atoms with E-state index in [0.717, 1.165) is 42.5 Å². The molecule has 142 valence electrons. The van der Waals surface area contributed by atoms with Gasteiger partial charge in [-0.25, -0.2) is 0 Å². The predicted octanol–water partition coefficient (Wildman–Crippen LogP) is 6.02. The van der Waals surface area contributed by atoms with Gasteiger partial charge in [0.15, 0.2) is 5.78 Å². The number of carbonyl (C=O) groups is 1. The van der Waals surface area contributed by atoms with E-state index in [9.17, 15) is 31.1 Å². The number of alkyl halides is 6. The lowest BCUT2D eigenvalue weighted by Gasteiger charge is -2.14. The molecule has 0 N–H and O–H groups in total. The zero-order valence-corrected chi connectivity index (χ0v) is 13.9. The van der Waals surface area contributed by atoms with Gasteiger partial charge in [0.2, 0.25) is 0 Å². The Kier molecular flexibility index (Phi) is 4.88. The minimum Gasteiger partial charge on any atom is -0.289 e. The summed E-state index contributed by atoms with van der Waals surface area (Å²) in [6, 6.07) is 7.59. The van der Waals surface area contributed by atoms with Crippen LogP contribution in [-0.2, 0) is 19.0 Å². The third-order valence-electron chi connectivity index (χ3n) is 4.46. The third-order valence-corrected chi connectivity index (χ3v) is 4.46. The molecule has 7 heteroatoms. The minimum absolute atomic E-state index is 0.0874. The number of halogens is 6. The highest BCUT2D eigenvalue weighted by molar-refractivity contribution is 6.09. The Morgan fingerprint density at radius 3 is 2.22 bits per heavy atom. The highest BCUT2D eigenvalue weighted by atomic mass is 19.4. The van der Waals surface area contributed by atoms with Gasteiger partial charge in [-0.1, -0.05) is 24.3 Å². The van der Waals surface area contributed by atoms with Gasteiger partial charge in [-0.3, -0.25) is 4.79 Å². The van der Waals surface area contributed by atoms with Crippen molar-refractivity contribution in [1.29, 1.82) is 0 Å². The van der Waals surface area contributed by atoms with E-state index in [1.807, 2.05) is 0 Å². The number of hydrogen-bond acceptors (Lipinski definition) is 1. The molecule has 0 saturated carbocycles. The number of rotatable bonds is 3. The molecule has 0 unspecified atom stereocenters. The summed E-state index contributed by atoms with van der Waals surface area (Å²) in [4.78, 5) is 12.4. The average Bonchev–Trinajstić information content (AvgIpc) is 3.05. The fraction of sp³-hybridized carbons (Fsp3) is 0.250. The second-order valence-electron chi connectivity index (χ2n) is 6.34. The van der Waals surface area contributed by atoms with Gasteiger partial charge in [-0.05, 0) is 60.2 Å². The summed E-state index contributed by atoms with van der Waals surface area (Å²) in [6.45, 7) is 0. The summed E-state index contributed by atoms with van der Waals surface area (Å²) in [5.74, 6) is -0.894. The molecule has 27 heavy (non-hydrogen) atoms. The summed E-state index contributed by atoms with van der Waals surface area (Å²) in [5.41, 5.74) is -1.25. The van der Waals surface area contributed by atoms with E-state index in [1.54, 1.807) is 12.1 Å². The number of fused-ring (bicyclic) bond motifs is 1. The number of hydrogen-bond donors (Lipinski definition) is 0. The fourth-order valence-corrected chi connectivity index (χ4v) is 3.13. The number of allylic oxidation sites excluding steroid dienone is 2. The van der Waals surface area contributed by atoms with Gasteiger partial charge in [0.1, 0.15) is 0 Å². The van der Waals surface area contributed by atoms with Crippen molar-refractivity contribution in [3.63, 3.8) is 0 Å². The standard InChI is InChI=1S/C20H14F6O/c21-19(22,23)16-6-2-5-14(10-16)17(20(24,25)26)11-18(27)15-8-7-12-3-1-4-13(12)9-15/h2,5-11H,1,3-4H2. The van der Waals surface area contributed by atoms with Crippen LogP contribution in [0.15, 0.2) is 48.5 Å². The van der Waals surface area contributed by atoms with E-state index in [-0.39, 0.29) is 5.56 Å². The third kappa shape index (κ3) is 4.23. The largest absolute Gasteiger partial charge is 0.417 e. The Balaban J connectivity index is 2.02. The van der Waals surface area contributed by atoms with Crippen molar-refractivity contribution in [3.05, 3.63) is 76.4 Å². The van der Waals surface area contributed by atoms with Crippen LogP contribution in [0.3, 0.4) is 0 Å². The smallest absolute Gasteiger partial charge is 0.289 e. The quantitative estimate of drug-likeness (QED) is 0.359. The zero-order valence-electron chi connectivity index (χ0n) is 13.9.